The Kier molecular flexibility index (Phi) is 6.51. The molecule has 1 saturated carbocycles. The first kappa shape index (κ1) is 13.5. The van der Waals surface area contributed by atoms with Gasteiger partial charge in [-0.2, -0.15) is 0 Å². The van der Waals surface area contributed by atoms with Gasteiger partial charge in [0.2, 0.25) is 5.91 Å². The van der Waals surface area contributed by atoms with E-state index in [0.29, 0.717) is 6.42 Å². The Morgan fingerprint density at radius 2 is 1.88 bits per heavy atom. The highest BCUT2D eigenvalue weighted by Gasteiger charge is 2.12. The first-order valence-electron chi connectivity index (χ1n) is 6.98. The Morgan fingerprint density at radius 3 is 2.50 bits per heavy atom. The molecule has 1 rings (SSSR count). The van der Waals surface area contributed by atoms with Crippen LogP contribution in [0.25, 0.3) is 0 Å². The van der Waals surface area contributed by atoms with E-state index in [2.05, 4.69) is 5.32 Å². The standard InChI is InChI=1S/C14H27NO/c1-12(2)15-14(16)11-7-6-10-13-8-4-3-5-9-13/h12-13H,3-11H2,1-2H3,(H,15,16). The number of carbonyl (C=O) groups excluding carboxylic acids is 1. The van der Waals surface area contributed by atoms with E-state index in [1.807, 2.05) is 13.8 Å². The zero-order valence-electron chi connectivity index (χ0n) is 10.9. The largest absolute Gasteiger partial charge is 0.354 e. The minimum atomic E-state index is 0.221. The van der Waals surface area contributed by atoms with Crippen LogP contribution in [0.15, 0.2) is 0 Å². The van der Waals surface area contributed by atoms with Crippen molar-refractivity contribution in [1.29, 1.82) is 0 Å². The van der Waals surface area contributed by atoms with Gasteiger partial charge in [0.25, 0.3) is 0 Å². The van der Waals surface area contributed by atoms with E-state index >= 15 is 0 Å². The molecule has 16 heavy (non-hydrogen) atoms. The van der Waals surface area contributed by atoms with Crippen LogP contribution in [0.2, 0.25) is 0 Å². The molecule has 1 fully saturated rings. The minimum absolute atomic E-state index is 0.221. The second-order valence-electron chi connectivity index (χ2n) is 5.47. The summed E-state index contributed by atoms with van der Waals surface area (Å²) in [6, 6.07) is 0.283. The van der Waals surface area contributed by atoms with Crippen LogP contribution in [0.5, 0.6) is 0 Å². The van der Waals surface area contributed by atoms with Gasteiger partial charge in [-0.25, -0.2) is 0 Å². The fourth-order valence-electron chi connectivity index (χ4n) is 2.59. The van der Waals surface area contributed by atoms with E-state index in [1.54, 1.807) is 0 Å². The number of hydrogen-bond donors (Lipinski definition) is 1. The number of rotatable bonds is 6. The van der Waals surface area contributed by atoms with Crippen molar-refractivity contribution in [3.05, 3.63) is 0 Å². The van der Waals surface area contributed by atoms with Crippen LogP contribution in [-0.2, 0) is 4.79 Å². The van der Waals surface area contributed by atoms with E-state index < -0.39 is 0 Å². The maximum Gasteiger partial charge on any atom is 0.220 e. The quantitative estimate of drug-likeness (QED) is 0.687. The minimum Gasteiger partial charge on any atom is -0.354 e. The van der Waals surface area contributed by atoms with Crippen molar-refractivity contribution in [2.45, 2.75) is 77.7 Å². The second-order valence-corrected chi connectivity index (χ2v) is 5.47. The SMILES string of the molecule is CC(C)NC(=O)CCCCC1CCCCC1. The van der Waals surface area contributed by atoms with E-state index in [9.17, 15) is 4.79 Å². The number of amides is 1. The molecule has 1 N–H and O–H groups in total. The predicted molar refractivity (Wildman–Crippen MR) is 68.3 cm³/mol. The normalized spacial score (nSPS) is 17.7. The number of carbonyl (C=O) groups is 1. The lowest BCUT2D eigenvalue weighted by molar-refractivity contribution is -0.121. The molecule has 0 atom stereocenters. The lowest BCUT2D eigenvalue weighted by atomic mass is 9.85. The van der Waals surface area contributed by atoms with Crippen LogP contribution < -0.4 is 5.32 Å². The summed E-state index contributed by atoms with van der Waals surface area (Å²) in [6.45, 7) is 4.03. The van der Waals surface area contributed by atoms with Gasteiger partial charge in [-0.05, 0) is 26.2 Å². The molecule has 1 aliphatic rings. The van der Waals surface area contributed by atoms with Crippen molar-refractivity contribution >= 4 is 5.91 Å². The molecule has 2 nitrogen and oxygen atoms in total. The highest BCUT2D eigenvalue weighted by molar-refractivity contribution is 5.76. The molecule has 1 aliphatic carbocycles. The van der Waals surface area contributed by atoms with Gasteiger partial charge >= 0.3 is 0 Å². The molecule has 94 valence electrons. The zero-order chi connectivity index (χ0) is 11.8. The van der Waals surface area contributed by atoms with Gasteiger partial charge in [-0.3, -0.25) is 4.79 Å². The molecule has 0 bridgehead atoms. The summed E-state index contributed by atoms with van der Waals surface area (Å²) in [5, 5.41) is 2.94. The summed E-state index contributed by atoms with van der Waals surface area (Å²) in [5.74, 6) is 1.18. The molecule has 0 aromatic carbocycles. The Bertz CT molecular complexity index is 195. The second kappa shape index (κ2) is 7.70. The predicted octanol–water partition coefficient (Wildman–Crippen LogP) is 3.65. The van der Waals surface area contributed by atoms with Gasteiger partial charge in [0.15, 0.2) is 0 Å². The third kappa shape index (κ3) is 6.14. The van der Waals surface area contributed by atoms with Gasteiger partial charge in [0.1, 0.15) is 0 Å². The van der Waals surface area contributed by atoms with Gasteiger partial charge in [0.05, 0.1) is 0 Å². The molecule has 0 unspecified atom stereocenters. The number of hydrogen-bond acceptors (Lipinski definition) is 1. The van der Waals surface area contributed by atoms with Crippen LogP contribution >= 0.6 is 0 Å². The lowest BCUT2D eigenvalue weighted by Crippen LogP contribution is -2.29. The lowest BCUT2D eigenvalue weighted by Gasteiger charge is -2.21. The summed E-state index contributed by atoms with van der Waals surface area (Å²) in [6.07, 6.45) is 11.5. The Labute approximate surface area is 100 Å². The van der Waals surface area contributed by atoms with E-state index in [4.69, 9.17) is 0 Å². The average Bonchev–Trinajstić information content (AvgIpc) is 2.25. The highest BCUT2D eigenvalue weighted by atomic mass is 16.1. The zero-order valence-corrected chi connectivity index (χ0v) is 10.9. The van der Waals surface area contributed by atoms with Crippen molar-refractivity contribution in [2.75, 3.05) is 0 Å². The first-order chi connectivity index (χ1) is 7.68. The topological polar surface area (TPSA) is 29.1 Å². The summed E-state index contributed by atoms with van der Waals surface area (Å²) in [5.41, 5.74) is 0. The van der Waals surface area contributed by atoms with Crippen molar-refractivity contribution in [1.82, 2.24) is 5.32 Å². The van der Waals surface area contributed by atoms with Gasteiger partial charge < -0.3 is 5.32 Å². The smallest absolute Gasteiger partial charge is 0.220 e. The van der Waals surface area contributed by atoms with Gasteiger partial charge in [0, 0.05) is 12.5 Å². The van der Waals surface area contributed by atoms with Crippen molar-refractivity contribution < 1.29 is 4.79 Å². The fourth-order valence-corrected chi connectivity index (χ4v) is 2.59. The molecule has 2 heteroatoms. The van der Waals surface area contributed by atoms with E-state index in [0.717, 1.165) is 12.3 Å². The summed E-state index contributed by atoms with van der Waals surface area (Å²) in [7, 11) is 0. The van der Waals surface area contributed by atoms with Crippen LogP contribution in [0.1, 0.15) is 71.6 Å². The van der Waals surface area contributed by atoms with Crippen molar-refractivity contribution in [3.63, 3.8) is 0 Å². The van der Waals surface area contributed by atoms with Crippen LogP contribution in [0.4, 0.5) is 0 Å². The molecule has 0 aromatic heterocycles. The Morgan fingerprint density at radius 1 is 1.19 bits per heavy atom. The maximum absolute atomic E-state index is 11.4. The molecule has 0 radical (unpaired) electrons. The molecular formula is C14H27NO. The molecule has 0 saturated heterocycles. The van der Waals surface area contributed by atoms with Crippen molar-refractivity contribution in [3.8, 4) is 0 Å². The molecule has 0 aliphatic heterocycles. The van der Waals surface area contributed by atoms with E-state index in [-0.39, 0.29) is 11.9 Å². The molecular weight excluding hydrogens is 198 g/mol. The number of nitrogens with one attached hydrogen (secondary N) is 1. The summed E-state index contributed by atoms with van der Waals surface area (Å²) in [4.78, 5) is 11.4. The van der Waals surface area contributed by atoms with Gasteiger partial charge in [-0.1, -0.05) is 44.9 Å². The van der Waals surface area contributed by atoms with Crippen LogP contribution in [-0.4, -0.2) is 11.9 Å². The van der Waals surface area contributed by atoms with E-state index in [1.165, 1.54) is 44.9 Å². The number of unbranched alkanes of at least 4 members (excludes halogenated alkanes) is 1. The highest BCUT2D eigenvalue weighted by Crippen LogP contribution is 2.27. The third-order valence-corrected chi connectivity index (χ3v) is 3.44. The monoisotopic (exact) mass is 225 g/mol. The molecule has 1 amide bonds. The molecule has 0 spiro atoms. The van der Waals surface area contributed by atoms with Crippen molar-refractivity contribution in [2.24, 2.45) is 5.92 Å². The van der Waals surface area contributed by atoms with Crippen LogP contribution in [0.3, 0.4) is 0 Å². The fraction of sp³-hybridized carbons (Fsp3) is 0.929. The summed E-state index contributed by atoms with van der Waals surface area (Å²) < 4.78 is 0. The first-order valence-corrected chi connectivity index (χ1v) is 6.98. The third-order valence-electron chi connectivity index (χ3n) is 3.44. The Hall–Kier alpha value is -0.530. The maximum atomic E-state index is 11.4. The van der Waals surface area contributed by atoms with Gasteiger partial charge in [-0.15, -0.1) is 0 Å². The average molecular weight is 225 g/mol. The summed E-state index contributed by atoms with van der Waals surface area (Å²) >= 11 is 0. The Balaban J connectivity index is 1.96. The molecule has 0 aromatic rings. The van der Waals surface area contributed by atoms with Crippen LogP contribution in [0, 0.1) is 5.92 Å². The molecule has 0 heterocycles.